The van der Waals surface area contributed by atoms with Crippen LogP contribution >= 0.6 is 11.3 Å². The maximum Gasteiger partial charge on any atom is 0.0815 e. The molecule has 1 aromatic heterocycles. The number of hydrogen-bond donors (Lipinski definition) is 2. The van der Waals surface area contributed by atoms with Crippen LogP contribution in [-0.2, 0) is 11.2 Å². The highest BCUT2D eigenvalue weighted by Gasteiger charge is 2.29. The molecule has 2 N–H and O–H groups in total. The minimum Gasteiger partial charge on any atom is -0.388 e. The van der Waals surface area contributed by atoms with Crippen molar-refractivity contribution in [1.82, 2.24) is 5.32 Å². The molecular weight excluding hydrogens is 246 g/mol. The van der Waals surface area contributed by atoms with Crippen molar-refractivity contribution in [3.05, 3.63) is 21.9 Å². The fourth-order valence-corrected chi connectivity index (χ4v) is 3.17. The average Bonchev–Trinajstić information content (AvgIpc) is 2.86. The lowest BCUT2D eigenvalue weighted by Gasteiger charge is -2.33. The smallest absolute Gasteiger partial charge is 0.0815 e. The highest BCUT2D eigenvalue weighted by atomic mass is 32.1. The van der Waals surface area contributed by atoms with Crippen LogP contribution < -0.4 is 5.32 Å². The predicted molar refractivity (Wildman–Crippen MR) is 75.1 cm³/mol. The number of rotatable bonds is 5. The van der Waals surface area contributed by atoms with Gasteiger partial charge in [-0.3, -0.25) is 0 Å². The van der Waals surface area contributed by atoms with E-state index in [2.05, 4.69) is 31.3 Å². The number of nitrogens with one attached hydrogen (secondary N) is 1. The maximum absolute atomic E-state index is 10.4. The van der Waals surface area contributed by atoms with Gasteiger partial charge >= 0.3 is 0 Å². The Labute approximate surface area is 113 Å². The van der Waals surface area contributed by atoms with Crippen molar-refractivity contribution in [3.8, 4) is 0 Å². The Morgan fingerprint density at radius 2 is 2.17 bits per heavy atom. The standard InChI is InChI=1S/C14H23NO2S/c1-3-12-4-5-13(18-12)11(2)15-10-14(16)6-8-17-9-7-14/h4-5,11,15-16H,3,6-10H2,1-2H3. The van der Waals surface area contributed by atoms with E-state index in [0.717, 1.165) is 19.3 Å². The molecule has 1 saturated heterocycles. The zero-order valence-corrected chi connectivity index (χ0v) is 12.1. The lowest BCUT2D eigenvalue weighted by atomic mass is 9.94. The molecular formula is C14H23NO2S. The maximum atomic E-state index is 10.4. The van der Waals surface area contributed by atoms with Crippen LogP contribution in [0, 0.1) is 0 Å². The lowest BCUT2D eigenvalue weighted by Crippen LogP contribution is -2.45. The van der Waals surface area contributed by atoms with Crippen LogP contribution in [0.2, 0.25) is 0 Å². The van der Waals surface area contributed by atoms with Crippen LogP contribution in [0.4, 0.5) is 0 Å². The van der Waals surface area contributed by atoms with Crippen molar-refractivity contribution < 1.29 is 9.84 Å². The van der Waals surface area contributed by atoms with Gasteiger partial charge in [-0.2, -0.15) is 0 Å². The average molecular weight is 269 g/mol. The van der Waals surface area contributed by atoms with Gasteiger partial charge in [-0.05, 0) is 25.5 Å². The summed E-state index contributed by atoms with van der Waals surface area (Å²) in [5, 5.41) is 13.8. The molecule has 0 radical (unpaired) electrons. The lowest BCUT2D eigenvalue weighted by molar-refractivity contribution is -0.0625. The molecule has 4 heteroatoms. The van der Waals surface area contributed by atoms with E-state index in [4.69, 9.17) is 4.74 Å². The van der Waals surface area contributed by atoms with Gasteiger partial charge in [0.05, 0.1) is 5.60 Å². The van der Waals surface area contributed by atoms with E-state index in [1.807, 2.05) is 11.3 Å². The molecule has 1 aliphatic heterocycles. The van der Waals surface area contributed by atoms with Gasteiger partial charge in [0.2, 0.25) is 0 Å². The van der Waals surface area contributed by atoms with Gasteiger partial charge in [-0.15, -0.1) is 11.3 Å². The molecule has 1 aromatic rings. The van der Waals surface area contributed by atoms with Crippen molar-refractivity contribution in [1.29, 1.82) is 0 Å². The Hall–Kier alpha value is -0.420. The van der Waals surface area contributed by atoms with Crippen molar-refractivity contribution >= 4 is 11.3 Å². The monoisotopic (exact) mass is 269 g/mol. The second-order valence-electron chi connectivity index (χ2n) is 5.10. The first-order valence-corrected chi connectivity index (χ1v) is 7.57. The van der Waals surface area contributed by atoms with Gasteiger partial charge in [-0.1, -0.05) is 6.92 Å². The quantitative estimate of drug-likeness (QED) is 0.863. The van der Waals surface area contributed by atoms with Gasteiger partial charge in [-0.25, -0.2) is 0 Å². The van der Waals surface area contributed by atoms with E-state index >= 15 is 0 Å². The second-order valence-corrected chi connectivity index (χ2v) is 6.30. The van der Waals surface area contributed by atoms with Gasteiger partial charge < -0.3 is 15.2 Å². The summed E-state index contributed by atoms with van der Waals surface area (Å²) < 4.78 is 5.29. The van der Waals surface area contributed by atoms with Crippen LogP contribution in [0.5, 0.6) is 0 Å². The first kappa shape index (κ1) is 14.0. The number of aryl methyl sites for hydroxylation is 1. The van der Waals surface area contributed by atoms with Crippen LogP contribution in [0.1, 0.15) is 42.5 Å². The molecule has 1 fully saturated rings. The van der Waals surface area contributed by atoms with E-state index in [9.17, 15) is 5.11 Å². The van der Waals surface area contributed by atoms with Crippen LogP contribution in [-0.4, -0.2) is 30.5 Å². The summed E-state index contributed by atoms with van der Waals surface area (Å²) in [6.45, 7) is 6.33. The highest BCUT2D eigenvalue weighted by Crippen LogP contribution is 2.25. The molecule has 1 unspecified atom stereocenters. The minimum atomic E-state index is -0.586. The van der Waals surface area contributed by atoms with Gasteiger partial charge in [0.1, 0.15) is 0 Å². The number of aliphatic hydroxyl groups is 1. The molecule has 0 saturated carbocycles. The Bertz CT molecular complexity index is 372. The minimum absolute atomic E-state index is 0.308. The Morgan fingerprint density at radius 1 is 1.44 bits per heavy atom. The van der Waals surface area contributed by atoms with Crippen LogP contribution in [0.25, 0.3) is 0 Å². The summed E-state index contributed by atoms with van der Waals surface area (Å²) in [5.74, 6) is 0. The summed E-state index contributed by atoms with van der Waals surface area (Å²) in [6, 6.07) is 4.69. The van der Waals surface area contributed by atoms with Crippen molar-refractivity contribution in [3.63, 3.8) is 0 Å². The molecule has 0 aromatic carbocycles. The molecule has 3 nitrogen and oxygen atoms in total. The van der Waals surface area contributed by atoms with E-state index in [1.54, 1.807) is 0 Å². The third-order valence-electron chi connectivity index (χ3n) is 3.62. The van der Waals surface area contributed by atoms with E-state index in [1.165, 1.54) is 9.75 Å². The van der Waals surface area contributed by atoms with Gasteiger partial charge in [0, 0.05) is 48.4 Å². The highest BCUT2D eigenvalue weighted by molar-refractivity contribution is 7.12. The van der Waals surface area contributed by atoms with Crippen LogP contribution in [0.3, 0.4) is 0 Å². The Kier molecular flexibility index (Phi) is 4.78. The number of ether oxygens (including phenoxy) is 1. The summed E-state index contributed by atoms with van der Waals surface area (Å²) in [5.41, 5.74) is -0.586. The molecule has 2 rings (SSSR count). The van der Waals surface area contributed by atoms with Crippen molar-refractivity contribution in [2.45, 2.75) is 44.8 Å². The summed E-state index contributed by atoms with van der Waals surface area (Å²) in [4.78, 5) is 2.77. The third kappa shape index (κ3) is 3.54. The second kappa shape index (κ2) is 6.15. The number of hydrogen-bond acceptors (Lipinski definition) is 4. The first-order valence-electron chi connectivity index (χ1n) is 6.75. The molecule has 18 heavy (non-hydrogen) atoms. The zero-order chi connectivity index (χ0) is 13.0. The molecule has 1 atom stereocenters. The Balaban J connectivity index is 1.85. The summed E-state index contributed by atoms with van der Waals surface area (Å²) in [7, 11) is 0. The molecule has 0 aliphatic carbocycles. The van der Waals surface area contributed by atoms with Crippen molar-refractivity contribution in [2.24, 2.45) is 0 Å². The van der Waals surface area contributed by atoms with E-state index in [0.29, 0.717) is 25.8 Å². The van der Waals surface area contributed by atoms with Crippen molar-refractivity contribution in [2.75, 3.05) is 19.8 Å². The topological polar surface area (TPSA) is 41.5 Å². The summed E-state index contributed by atoms with van der Waals surface area (Å²) in [6.07, 6.45) is 2.56. The Morgan fingerprint density at radius 3 is 2.78 bits per heavy atom. The molecule has 1 aliphatic rings. The van der Waals surface area contributed by atoms with Gasteiger partial charge in [0.15, 0.2) is 0 Å². The molecule has 2 heterocycles. The molecule has 102 valence electrons. The molecule has 0 bridgehead atoms. The molecule has 0 amide bonds. The van der Waals surface area contributed by atoms with Gasteiger partial charge in [0.25, 0.3) is 0 Å². The molecule has 0 spiro atoms. The van der Waals surface area contributed by atoms with Crippen LogP contribution in [0.15, 0.2) is 12.1 Å². The van der Waals surface area contributed by atoms with E-state index in [-0.39, 0.29) is 0 Å². The normalized spacial score (nSPS) is 20.8. The first-order chi connectivity index (χ1) is 8.63. The zero-order valence-electron chi connectivity index (χ0n) is 11.2. The van der Waals surface area contributed by atoms with E-state index < -0.39 is 5.60 Å². The summed E-state index contributed by atoms with van der Waals surface area (Å²) >= 11 is 1.86. The number of thiophene rings is 1. The third-order valence-corrected chi connectivity index (χ3v) is 5.03. The predicted octanol–water partition coefficient (Wildman–Crippen LogP) is 2.50. The SMILES string of the molecule is CCc1ccc(C(C)NCC2(O)CCOCC2)s1. The largest absolute Gasteiger partial charge is 0.388 e. The fraction of sp³-hybridized carbons (Fsp3) is 0.714. The fourth-order valence-electron chi connectivity index (χ4n) is 2.19.